The predicted octanol–water partition coefficient (Wildman–Crippen LogP) is 2.86. The van der Waals surface area contributed by atoms with E-state index in [1.54, 1.807) is 11.8 Å². The van der Waals surface area contributed by atoms with Crippen molar-refractivity contribution in [2.24, 2.45) is 0 Å². The largest absolute Gasteiger partial charge is 0.359 e. The smallest absolute Gasteiger partial charge is 0.228 e. The summed E-state index contributed by atoms with van der Waals surface area (Å²) in [7, 11) is 0. The van der Waals surface area contributed by atoms with Crippen LogP contribution in [-0.2, 0) is 9.59 Å². The van der Waals surface area contributed by atoms with Gasteiger partial charge >= 0.3 is 0 Å². The van der Waals surface area contributed by atoms with E-state index in [4.69, 9.17) is 0 Å². The fraction of sp³-hybridized carbons (Fsp3) is 0.333. The van der Waals surface area contributed by atoms with E-state index in [1.165, 1.54) is 11.8 Å². The molecule has 104 valence electrons. The van der Waals surface area contributed by atoms with Crippen molar-refractivity contribution >= 4 is 39.4 Å². The van der Waals surface area contributed by atoms with Crippen LogP contribution in [0.3, 0.4) is 0 Å². The molecule has 1 aromatic carbocycles. The summed E-state index contributed by atoms with van der Waals surface area (Å²) in [6, 6.07) is 8.05. The molecular formula is C15H16N2O2S. The lowest BCUT2D eigenvalue weighted by atomic mass is 10.2. The molecule has 1 amide bonds. The van der Waals surface area contributed by atoms with Crippen LogP contribution in [0.15, 0.2) is 24.3 Å². The molecule has 1 unspecified atom stereocenters. The minimum absolute atomic E-state index is 0.0707. The van der Waals surface area contributed by atoms with E-state index in [9.17, 15) is 9.59 Å². The average molecular weight is 288 g/mol. The summed E-state index contributed by atoms with van der Waals surface area (Å²) in [5, 5.41) is 1.25. The van der Waals surface area contributed by atoms with Gasteiger partial charge in [-0.05, 0) is 31.2 Å². The predicted molar refractivity (Wildman–Crippen MR) is 82.1 cm³/mol. The second kappa shape index (κ2) is 4.98. The molecule has 0 bridgehead atoms. The fourth-order valence-corrected chi connectivity index (χ4v) is 3.59. The quantitative estimate of drug-likeness (QED) is 0.924. The zero-order valence-electron chi connectivity index (χ0n) is 11.5. The van der Waals surface area contributed by atoms with Crippen molar-refractivity contribution in [2.45, 2.75) is 25.5 Å². The number of thioether (sulfide) groups is 1. The van der Waals surface area contributed by atoms with E-state index in [-0.39, 0.29) is 16.3 Å². The van der Waals surface area contributed by atoms with Crippen LogP contribution in [-0.4, -0.2) is 27.8 Å². The van der Waals surface area contributed by atoms with Gasteiger partial charge in [-0.2, -0.15) is 0 Å². The molecule has 5 heteroatoms. The van der Waals surface area contributed by atoms with Crippen LogP contribution in [0.4, 0.5) is 5.69 Å². The van der Waals surface area contributed by atoms with Gasteiger partial charge < -0.3 is 9.88 Å². The number of carbonyl (C=O) groups is 2. The summed E-state index contributed by atoms with van der Waals surface area (Å²) in [5.74, 6) is 0.0929. The van der Waals surface area contributed by atoms with Crippen molar-refractivity contribution in [1.29, 1.82) is 0 Å². The number of fused-ring (bicyclic) bond motifs is 1. The molecular weight excluding hydrogens is 272 g/mol. The highest BCUT2D eigenvalue weighted by molar-refractivity contribution is 8.14. The Labute approximate surface area is 121 Å². The minimum atomic E-state index is 0.0707. The number of aromatic nitrogens is 1. The molecule has 0 aliphatic carbocycles. The number of nitrogens with zero attached hydrogens (tertiary/aromatic N) is 1. The van der Waals surface area contributed by atoms with Gasteiger partial charge in [0.05, 0.1) is 0 Å². The zero-order chi connectivity index (χ0) is 14.3. The molecule has 1 aromatic heterocycles. The van der Waals surface area contributed by atoms with Crippen molar-refractivity contribution in [3.63, 3.8) is 0 Å². The molecule has 4 nitrogen and oxygen atoms in total. The fourth-order valence-electron chi connectivity index (χ4n) is 2.67. The Kier molecular flexibility index (Phi) is 3.30. The maximum Gasteiger partial charge on any atom is 0.228 e. The first-order valence-corrected chi connectivity index (χ1v) is 7.48. The Morgan fingerprint density at radius 1 is 1.40 bits per heavy atom. The van der Waals surface area contributed by atoms with Crippen molar-refractivity contribution in [1.82, 2.24) is 4.98 Å². The molecule has 1 aliphatic heterocycles. The Hall–Kier alpha value is -1.75. The average Bonchev–Trinajstić information content (AvgIpc) is 2.89. The van der Waals surface area contributed by atoms with Gasteiger partial charge in [-0.15, -0.1) is 0 Å². The Bertz CT molecular complexity index is 692. The maximum absolute atomic E-state index is 12.1. The normalized spacial score (nSPS) is 19.0. The SMILES string of the molecule is CC(=O)SC1CC(=O)N(c2ccc3[nH]c(C)cc3c2)C1. The molecule has 0 saturated carbocycles. The third-order valence-electron chi connectivity index (χ3n) is 3.47. The van der Waals surface area contributed by atoms with Crippen LogP contribution in [0.25, 0.3) is 10.9 Å². The molecule has 1 saturated heterocycles. The number of nitrogens with one attached hydrogen (secondary N) is 1. The second-order valence-corrected chi connectivity index (χ2v) is 6.64. The number of rotatable bonds is 2. The standard InChI is InChI=1S/C15H16N2O2S/c1-9-5-11-6-12(3-4-14(11)16-9)17-8-13(7-15(17)19)20-10(2)18/h3-6,13,16H,7-8H2,1-2H3. The molecule has 3 rings (SSSR count). The summed E-state index contributed by atoms with van der Waals surface area (Å²) in [4.78, 5) is 28.3. The molecule has 20 heavy (non-hydrogen) atoms. The lowest BCUT2D eigenvalue weighted by Gasteiger charge is -2.16. The maximum atomic E-state index is 12.1. The number of H-pyrrole nitrogens is 1. The first-order chi connectivity index (χ1) is 9.52. The molecule has 2 heterocycles. The Balaban J connectivity index is 1.87. The lowest BCUT2D eigenvalue weighted by molar-refractivity contribution is -0.117. The van der Waals surface area contributed by atoms with Gasteiger partial charge in [0.25, 0.3) is 0 Å². The first-order valence-electron chi connectivity index (χ1n) is 6.60. The number of benzene rings is 1. The highest BCUT2D eigenvalue weighted by atomic mass is 32.2. The molecule has 2 aromatic rings. The number of aryl methyl sites for hydroxylation is 1. The third kappa shape index (κ3) is 2.45. The number of amides is 1. The zero-order valence-corrected chi connectivity index (χ0v) is 12.3. The van der Waals surface area contributed by atoms with E-state index in [1.807, 2.05) is 25.1 Å². The van der Waals surface area contributed by atoms with E-state index >= 15 is 0 Å². The van der Waals surface area contributed by atoms with E-state index in [2.05, 4.69) is 11.1 Å². The molecule has 1 N–H and O–H groups in total. The molecule has 1 atom stereocenters. The Morgan fingerprint density at radius 2 is 2.20 bits per heavy atom. The molecule has 1 aliphatic rings. The summed E-state index contributed by atoms with van der Waals surface area (Å²) in [5.41, 5.74) is 3.09. The topological polar surface area (TPSA) is 53.2 Å². The number of aromatic amines is 1. The highest BCUT2D eigenvalue weighted by Gasteiger charge is 2.31. The highest BCUT2D eigenvalue weighted by Crippen LogP contribution is 2.30. The van der Waals surface area contributed by atoms with Crippen LogP contribution in [0.2, 0.25) is 0 Å². The van der Waals surface area contributed by atoms with Crippen molar-refractivity contribution < 1.29 is 9.59 Å². The van der Waals surface area contributed by atoms with Gasteiger partial charge in [-0.3, -0.25) is 9.59 Å². The number of hydrogen-bond donors (Lipinski definition) is 1. The first kappa shape index (κ1) is 13.2. The van der Waals surface area contributed by atoms with Gasteiger partial charge in [-0.25, -0.2) is 0 Å². The number of anilines is 1. The van der Waals surface area contributed by atoms with Crippen molar-refractivity contribution in [3.05, 3.63) is 30.0 Å². The van der Waals surface area contributed by atoms with Crippen LogP contribution in [0, 0.1) is 6.92 Å². The third-order valence-corrected chi connectivity index (χ3v) is 4.45. The van der Waals surface area contributed by atoms with Crippen LogP contribution in [0.5, 0.6) is 0 Å². The van der Waals surface area contributed by atoms with Crippen LogP contribution < -0.4 is 4.90 Å². The van der Waals surface area contributed by atoms with Crippen molar-refractivity contribution in [2.75, 3.05) is 11.4 Å². The van der Waals surface area contributed by atoms with E-state index < -0.39 is 0 Å². The Morgan fingerprint density at radius 3 is 2.95 bits per heavy atom. The van der Waals surface area contributed by atoms with Crippen LogP contribution >= 0.6 is 11.8 Å². The second-order valence-electron chi connectivity index (χ2n) is 5.16. The van der Waals surface area contributed by atoms with Gasteiger partial charge in [0.2, 0.25) is 5.91 Å². The molecule has 0 radical (unpaired) electrons. The molecule has 0 spiro atoms. The summed E-state index contributed by atoms with van der Waals surface area (Å²) in [6.45, 7) is 4.17. The lowest BCUT2D eigenvalue weighted by Crippen LogP contribution is -2.24. The van der Waals surface area contributed by atoms with E-state index in [0.29, 0.717) is 13.0 Å². The number of carbonyl (C=O) groups excluding carboxylic acids is 2. The van der Waals surface area contributed by atoms with Crippen molar-refractivity contribution in [3.8, 4) is 0 Å². The van der Waals surface area contributed by atoms with Gasteiger partial charge in [0.1, 0.15) is 0 Å². The molecule has 1 fully saturated rings. The van der Waals surface area contributed by atoms with Gasteiger partial charge in [-0.1, -0.05) is 11.8 Å². The monoisotopic (exact) mass is 288 g/mol. The minimum Gasteiger partial charge on any atom is -0.359 e. The number of hydrogen-bond acceptors (Lipinski definition) is 3. The van der Waals surface area contributed by atoms with Crippen LogP contribution in [0.1, 0.15) is 19.0 Å². The van der Waals surface area contributed by atoms with Gasteiger partial charge in [0.15, 0.2) is 5.12 Å². The van der Waals surface area contributed by atoms with Gasteiger partial charge in [0, 0.05) is 47.4 Å². The summed E-state index contributed by atoms with van der Waals surface area (Å²) in [6.07, 6.45) is 0.439. The van der Waals surface area contributed by atoms with E-state index in [0.717, 1.165) is 22.3 Å². The summed E-state index contributed by atoms with van der Waals surface area (Å²) >= 11 is 1.26. The summed E-state index contributed by atoms with van der Waals surface area (Å²) < 4.78 is 0.